The van der Waals surface area contributed by atoms with Gasteiger partial charge in [-0.15, -0.1) is 170 Å². The molecule has 0 nitrogen and oxygen atoms in total. The molecule has 0 amide bonds. The molecule has 0 aliphatic carbocycles. The molecule has 38 heteroatoms. The first kappa shape index (κ1) is 54.0. The summed E-state index contributed by atoms with van der Waals surface area (Å²) in [4.78, 5) is 0. The largest absolute Gasteiger partial charge is 0.207 e. The van der Waals surface area contributed by atoms with E-state index in [4.69, 9.17) is 0 Å². The van der Waals surface area contributed by atoms with Gasteiger partial charge in [-0.1, -0.05) is 22.3 Å². The minimum atomic E-state index is -0.124. The van der Waals surface area contributed by atoms with Gasteiger partial charge >= 0.3 is 0 Å². The van der Waals surface area contributed by atoms with Crippen molar-refractivity contribution in [3.63, 3.8) is 0 Å². The van der Waals surface area contributed by atoms with Crippen molar-refractivity contribution >= 4 is 303 Å². The van der Waals surface area contributed by atoms with Crippen LogP contribution < -0.4 is 0 Å². The fraction of sp³-hybridized carbons (Fsp3) is 0. The van der Waals surface area contributed by atoms with Gasteiger partial charge < -0.3 is 0 Å². The van der Waals surface area contributed by atoms with Crippen molar-refractivity contribution in [3.8, 4) is 0 Å². The Bertz CT molecular complexity index is 544. The molecule has 0 aromatic carbocycles. The van der Waals surface area contributed by atoms with Crippen molar-refractivity contribution in [1.29, 1.82) is 0 Å². The van der Waals surface area contributed by atoms with Crippen LogP contribution in [0.15, 0.2) is 0 Å². The van der Waals surface area contributed by atoms with E-state index in [-0.39, 0.29) is 119 Å². The van der Waals surface area contributed by atoms with Crippen molar-refractivity contribution in [3.05, 3.63) is 0 Å². The average molecular weight is 1200 g/mol. The minimum Gasteiger partial charge on any atom is -0.109 e. The van der Waals surface area contributed by atoms with Crippen LogP contribution in [0.5, 0.6) is 0 Å². The standard InChI is InChI=1S/BH39P37/c2-21-33(24(3)4)37(38(31(17)18)32(19)20)23(36(29(13)14)30(15)16)1-22(34(25(5)6)26(7)8)35(27(9)10)28(11)12/h21H,2-20H2. The second kappa shape index (κ2) is 30.1. The Morgan fingerprint density at radius 3 is 0.737 bits per heavy atom. The summed E-state index contributed by atoms with van der Waals surface area (Å²) in [6.07, 6.45) is 0. The Hall–Kier alpha value is 16.0. The van der Waals surface area contributed by atoms with Gasteiger partial charge in [0.25, 0.3) is 0 Å². The Labute approximate surface area is 299 Å². The molecule has 0 aromatic heterocycles. The summed E-state index contributed by atoms with van der Waals surface area (Å²) >= 11 is 0. The average Bonchev–Trinajstić information content (AvgIpc) is 2.70. The lowest BCUT2D eigenvalue weighted by molar-refractivity contribution is 4.27. The van der Waals surface area contributed by atoms with Crippen molar-refractivity contribution < 1.29 is 0 Å². The SMILES string of the molecule is PPP(P(P)P)P(P([B]P(P(P(P)P)P(P)P)P(P(P)P)P(P)P)P(P(P)P)P(P)P)P(P(P)P)P(P)P. The lowest BCUT2D eigenvalue weighted by Gasteiger charge is -2.51. The van der Waals surface area contributed by atoms with Gasteiger partial charge in [0.1, 0.15) is 0 Å². The van der Waals surface area contributed by atoms with Crippen LogP contribution in [-0.2, 0) is 0 Å². The first-order valence-electron chi connectivity index (χ1n) is 8.68. The molecule has 227 valence electrons. The third-order valence-corrected chi connectivity index (χ3v) is 230. The summed E-state index contributed by atoms with van der Waals surface area (Å²) in [6.45, 7) is 2.20. The van der Waals surface area contributed by atoms with E-state index in [0.29, 0.717) is 0 Å². The van der Waals surface area contributed by atoms with E-state index in [1.807, 2.05) is 0 Å². The van der Waals surface area contributed by atoms with Crippen LogP contribution in [0.2, 0.25) is 0 Å². The van der Waals surface area contributed by atoms with Crippen molar-refractivity contribution in [2.75, 3.05) is 0 Å². The predicted octanol–water partition coefficient (Wildman–Crippen LogP) is 21.0. The molecule has 0 fully saturated rings. The summed E-state index contributed by atoms with van der Waals surface area (Å²) in [7, 11) is 63.8. The van der Waals surface area contributed by atoms with Crippen LogP contribution in [0.25, 0.3) is 0 Å². The normalized spacial score (nSPS) is 16.6. The van der Waals surface area contributed by atoms with Crippen LogP contribution in [0.4, 0.5) is 0 Å². The highest BCUT2D eigenvalue weighted by Gasteiger charge is 2.49. The molecule has 0 rings (SSSR count). The van der Waals surface area contributed by atoms with Gasteiger partial charge in [0.15, 0.2) is 0 Å². The fourth-order valence-corrected chi connectivity index (χ4v) is 410. The molecular formula is H39BP37. The van der Waals surface area contributed by atoms with Gasteiger partial charge in [-0.05, 0) is 105 Å². The highest BCUT2D eigenvalue weighted by Crippen LogP contribution is 3.32. The van der Waals surface area contributed by atoms with Gasteiger partial charge in [-0.3, -0.25) is 0 Å². The van der Waals surface area contributed by atoms with E-state index >= 15 is 0 Å². The fourth-order valence-electron chi connectivity index (χ4n) is 2.17. The van der Waals surface area contributed by atoms with Crippen molar-refractivity contribution in [2.45, 2.75) is 0 Å². The third kappa shape index (κ3) is 20.1. The molecule has 1 radical (unpaired) electrons. The van der Waals surface area contributed by atoms with Crippen LogP contribution in [0.3, 0.4) is 0 Å². The van der Waals surface area contributed by atoms with E-state index in [1.54, 1.807) is 0 Å². The molecule has 0 aromatic rings. The summed E-state index contributed by atoms with van der Waals surface area (Å²) in [5.74, 6) is 0. The highest BCUT2D eigenvalue weighted by atomic mass is 33.4. The quantitative estimate of drug-likeness (QED) is 0.0948. The van der Waals surface area contributed by atoms with Gasteiger partial charge in [0.05, 0.1) is 0 Å². The molecular weight excluding hydrogens is 1160 g/mol. The number of rotatable bonds is 18. The summed E-state index contributed by atoms with van der Waals surface area (Å²) < 4.78 is 0. The first-order chi connectivity index (χ1) is 17.3. The number of hydrogen-bond donors (Lipinski definition) is 0. The van der Waals surface area contributed by atoms with Crippen LogP contribution >= 0.6 is 297 Å². The maximum atomic E-state index is 3.34. The summed E-state index contributed by atoms with van der Waals surface area (Å²) in [5.41, 5.74) is 0. The van der Waals surface area contributed by atoms with E-state index in [9.17, 15) is 0 Å². The van der Waals surface area contributed by atoms with E-state index < -0.39 is 0 Å². The molecule has 0 aliphatic heterocycles. The molecule has 0 heterocycles. The Morgan fingerprint density at radius 2 is 0.553 bits per heavy atom. The zero-order valence-electron chi connectivity index (χ0n) is 19.6. The molecule has 0 N–H and O–H groups in total. The van der Waals surface area contributed by atoms with Crippen molar-refractivity contribution in [1.82, 2.24) is 0 Å². The Morgan fingerprint density at radius 1 is 0.316 bits per heavy atom. The summed E-state index contributed by atoms with van der Waals surface area (Å²) in [5, 5.41) is 0. The monoisotopic (exact) mass is 1200 g/mol. The van der Waals surface area contributed by atoms with Gasteiger partial charge in [0.2, 0.25) is 6.72 Å². The Balaban J connectivity index is 7.53. The van der Waals surface area contributed by atoms with Gasteiger partial charge in [-0.2, -0.15) is 0 Å². The van der Waals surface area contributed by atoms with Crippen LogP contribution in [0, 0.1) is 0 Å². The number of hydrogen-bond acceptors (Lipinski definition) is 0. The highest BCUT2D eigenvalue weighted by molar-refractivity contribution is 9.38. The maximum Gasteiger partial charge on any atom is 0.207 e. The minimum absolute atomic E-state index is 0.0116. The molecule has 0 aliphatic rings. The van der Waals surface area contributed by atoms with Crippen LogP contribution in [-0.4, -0.2) is 6.72 Å². The summed E-state index contributed by atoms with van der Waals surface area (Å²) in [6, 6.07) is 0. The predicted molar refractivity (Wildman–Crippen MR) is 316 cm³/mol. The van der Waals surface area contributed by atoms with Crippen LogP contribution in [0.1, 0.15) is 0 Å². The Kier molecular flexibility index (Phi) is 42.7. The van der Waals surface area contributed by atoms with Crippen molar-refractivity contribution in [2.24, 2.45) is 0 Å². The molecule has 38 heavy (non-hydrogen) atoms. The smallest absolute Gasteiger partial charge is 0.109 e. The van der Waals surface area contributed by atoms with Gasteiger partial charge in [-0.25, -0.2) is 0 Å². The van der Waals surface area contributed by atoms with E-state index in [1.165, 1.54) is 0 Å². The topological polar surface area (TPSA) is 0 Å². The zero-order chi connectivity index (χ0) is 30.2. The molecule has 23 unspecified atom stereocenters. The molecule has 0 saturated carbocycles. The third-order valence-electron chi connectivity index (χ3n) is 3.26. The van der Waals surface area contributed by atoms with E-state index in [0.717, 1.165) is 7.96 Å². The second-order valence-electron chi connectivity index (χ2n) is 5.94. The zero-order valence-corrected chi connectivity index (χ0v) is 57.8. The first-order valence-corrected chi connectivity index (χ1v) is 75.0. The van der Waals surface area contributed by atoms with Gasteiger partial charge in [0, 0.05) is 0 Å². The molecule has 0 saturated heterocycles. The lowest BCUT2D eigenvalue weighted by Crippen LogP contribution is -1.80. The molecule has 23 atom stereocenters. The molecule has 0 spiro atoms. The maximum absolute atomic E-state index is 3.34. The lowest BCUT2D eigenvalue weighted by atomic mass is 10.7. The second-order valence-corrected chi connectivity index (χ2v) is 150. The molecule has 0 bridgehead atoms. The van der Waals surface area contributed by atoms with E-state index in [2.05, 4.69) is 176 Å².